The number of anilines is 2. The number of hydrogen-bond acceptors (Lipinski definition) is 6. The van der Waals surface area contributed by atoms with Gasteiger partial charge in [0.2, 0.25) is 0 Å². The predicted octanol–water partition coefficient (Wildman–Crippen LogP) is 2.57. The van der Waals surface area contributed by atoms with Crippen LogP contribution in [-0.4, -0.2) is 24.9 Å². The number of nitrogens with zero attached hydrogens (tertiary/aromatic N) is 2. The molecule has 2 aromatic heterocycles. The Morgan fingerprint density at radius 2 is 2.30 bits per heavy atom. The van der Waals surface area contributed by atoms with Crippen molar-refractivity contribution in [2.75, 3.05) is 24.8 Å². The Bertz CT molecular complexity index is 610. The van der Waals surface area contributed by atoms with Crippen molar-refractivity contribution in [2.45, 2.75) is 13.5 Å². The Balaban J connectivity index is 2.32. The molecule has 0 aliphatic rings. The molecule has 0 aliphatic carbocycles. The molecule has 2 aromatic rings. The third-order valence-corrected chi connectivity index (χ3v) is 4.30. The minimum atomic E-state index is -0.0492. The Morgan fingerprint density at radius 1 is 1.55 bits per heavy atom. The van der Waals surface area contributed by atoms with E-state index in [0.717, 1.165) is 10.6 Å². The van der Waals surface area contributed by atoms with E-state index in [-0.39, 0.29) is 5.78 Å². The molecule has 0 saturated carbocycles. The summed E-state index contributed by atoms with van der Waals surface area (Å²) in [7, 11) is 3.49. The van der Waals surface area contributed by atoms with E-state index in [1.165, 1.54) is 18.3 Å². The summed E-state index contributed by atoms with van der Waals surface area (Å²) in [6, 6.07) is 3.89. The second-order valence-electron chi connectivity index (χ2n) is 4.46. The molecule has 0 aliphatic heterocycles. The van der Waals surface area contributed by atoms with Gasteiger partial charge < -0.3 is 15.4 Å². The monoisotopic (exact) mass is 291 g/mol. The second-order valence-corrected chi connectivity index (χ2v) is 5.46. The van der Waals surface area contributed by atoms with E-state index in [2.05, 4.69) is 4.98 Å². The number of nitrogen functional groups attached to an aromatic ring is 1. The van der Waals surface area contributed by atoms with Crippen molar-refractivity contribution in [1.29, 1.82) is 0 Å². The lowest BCUT2D eigenvalue weighted by Gasteiger charge is -2.18. The van der Waals surface area contributed by atoms with Crippen LogP contribution in [0.15, 0.2) is 24.5 Å². The quantitative estimate of drug-likeness (QED) is 0.857. The summed E-state index contributed by atoms with van der Waals surface area (Å²) in [4.78, 5) is 18.2. The number of ether oxygens (including phenoxy) is 1. The maximum absolute atomic E-state index is 11.6. The molecule has 0 fully saturated rings. The van der Waals surface area contributed by atoms with Crippen LogP contribution in [0.2, 0.25) is 0 Å². The molecule has 106 valence electrons. The smallest absolute Gasteiger partial charge is 0.177 e. The first kappa shape index (κ1) is 14.3. The molecular weight excluding hydrogens is 274 g/mol. The van der Waals surface area contributed by atoms with Gasteiger partial charge in [-0.1, -0.05) is 6.07 Å². The van der Waals surface area contributed by atoms with Crippen LogP contribution in [0.3, 0.4) is 0 Å². The lowest BCUT2D eigenvalue weighted by atomic mass is 10.2. The van der Waals surface area contributed by atoms with Gasteiger partial charge in [-0.15, -0.1) is 11.3 Å². The molecule has 20 heavy (non-hydrogen) atoms. The molecule has 2 N–H and O–H groups in total. The van der Waals surface area contributed by atoms with Crippen molar-refractivity contribution in [3.8, 4) is 5.75 Å². The van der Waals surface area contributed by atoms with Crippen LogP contribution in [0.5, 0.6) is 5.75 Å². The van der Waals surface area contributed by atoms with Crippen LogP contribution in [0, 0.1) is 0 Å². The Labute approximate surface area is 122 Å². The van der Waals surface area contributed by atoms with Gasteiger partial charge in [-0.2, -0.15) is 0 Å². The van der Waals surface area contributed by atoms with E-state index in [0.29, 0.717) is 22.9 Å². The number of pyridine rings is 1. The number of Topliss-reactive ketones (excluding diaryl/α,β-unsaturated/α-hetero) is 1. The summed E-state index contributed by atoms with van der Waals surface area (Å²) in [6.45, 7) is 2.17. The van der Waals surface area contributed by atoms with E-state index >= 15 is 0 Å². The van der Waals surface area contributed by atoms with E-state index < -0.39 is 0 Å². The van der Waals surface area contributed by atoms with Crippen LogP contribution in [0.25, 0.3) is 0 Å². The van der Waals surface area contributed by atoms with Crippen molar-refractivity contribution in [1.82, 2.24) is 4.98 Å². The van der Waals surface area contributed by atoms with E-state index in [9.17, 15) is 4.79 Å². The number of thiophene rings is 1. The fourth-order valence-corrected chi connectivity index (χ4v) is 3.01. The number of ketones is 1. The first-order chi connectivity index (χ1) is 9.54. The van der Waals surface area contributed by atoms with Crippen LogP contribution in [0.4, 0.5) is 10.7 Å². The van der Waals surface area contributed by atoms with E-state index in [1.54, 1.807) is 13.3 Å². The van der Waals surface area contributed by atoms with Crippen molar-refractivity contribution in [3.05, 3.63) is 35.0 Å². The van der Waals surface area contributed by atoms with Crippen molar-refractivity contribution >= 4 is 27.8 Å². The molecule has 0 atom stereocenters. The number of rotatable bonds is 5. The highest BCUT2D eigenvalue weighted by molar-refractivity contribution is 7.19. The number of nitrogens with two attached hydrogens (primary N) is 1. The van der Waals surface area contributed by atoms with Gasteiger partial charge in [-0.3, -0.25) is 9.78 Å². The molecule has 0 saturated heterocycles. The van der Waals surface area contributed by atoms with Gasteiger partial charge in [0.05, 0.1) is 17.7 Å². The zero-order valence-electron chi connectivity index (χ0n) is 11.7. The van der Waals surface area contributed by atoms with Gasteiger partial charge in [0, 0.05) is 32.9 Å². The van der Waals surface area contributed by atoms with Crippen LogP contribution < -0.4 is 15.4 Å². The van der Waals surface area contributed by atoms with E-state index in [4.69, 9.17) is 10.5 Å². The molecule has 0 radical (unpaired) electrons. The third-order valence-electron chi connectivity index (χ3n) is 2.90. The summed E-state index contributed by atoms with van der Waals surface area (Å²) >= 11 is 1.35. The average molecular weight is 291 g/mol. The lowest BCUT2D eigenvalue weighted by molar-refractivity contribution is 0.102. The number of carbonyl (C=O) groups excluding carboxylic acids is 1. The lowest BCUT2D eigenvalue weighted by Crippen LogP contribution is -2.15. The van der Waals surface area contributed by atoms with Crippen LogP contribution in [0.1, 0.15) is 22.2 Å². The van der Waals surface area contributed by atoms with Crippen molar-refractivity contribution < 1.29 is 9.53 Å². The van der Waals surface area contributed by atoms with Gasteiger partial charge in [-0.05, 0) is 11.6 Å². The molecule has 0 bridgehead atoms. The molecule has 0 spiro atoms. The zero-order valence-corrected chi connectivity index (χ0v) is 12.5. The molecule has 2 rings (SSSR count). The number of methoxy groups -OCH3 is 1. The highest BCUT2D eigenvalue weighted by atomic mass is 32.1. The standard InChI is InChI=1S/C14H17N3O2S/c1-9(18)13-11(15)12(19-3)14(20-13)17(2)8-10-5-4-6-16-7-10/h4-7H,8,15H2,1-3H3. The molecule has 6 heteroatoms. The summed E-state index contributed by atoms with van der Waals surface area (Å²) in [5.41, 5.74) is 7.46. The molecule has 0 aromatic carbocycles. The largest absolute Gasteiger partial charge is 0.492 e. The average Bonchev–Trinajstić information content (AvgIpc) is 2.77. The van der Waals surface area contributed by atoms with Gasteiger partial charge in [0.1, 0.15) is 5.00 Å². The molecular formula is C14H17N3O2S. The summed E-state index contributed by atoms with van der Waals surface area (Å²) in [6.07, 6.45) is 3.55. The molecule has 2 heterocycles. The number of aromatic nitrogens is 1. The maximum Gasteiger partial charge on any atom is 0.177 e. The number of hydrogen-bond donors (Lipinski definition) is 1. The van der Waals surface area contributed by atoms with Gasteiger partial charge in [0.25, 0.3) is 0 Å². The van der Waals surface area contributed by atoms with Crippen molar-refractivity contribution in [2.24, 2.45) is 0 Å². The van der Waals surface area contributed by atoms with Crippen LogP contribution in [-0.2, 0) is 6.54 Å². The fraction of sp³-hybridized carbons (Fsp3) is 0.286. The minimum Gasteiger partial charge on any atom is -0.492 e. The number of carbonyl (C=O) groups is 1. The normalized spacial score (nSPS) is 10.3. The highest BCUT2D eigenvalue weighted by Gasteiger charge is 2.22. The Kier molecular flexibility index (Phi) is 4.24. The third kappa shape index (κ3) is 2.75. The summed E-state index contributed by atoms with van der Waals surface area (Å²) in [5, 5.41) is 0.846. The zero-order chi connectivity index (χ0) is 14.7. The Morgan fingerprint density at radius 3 is 2.85 bits per heavy atom. The predicted molar refractivity (Wildman–Crippen MR) is 81.6 cm³/mol. The van der Waals surface area contributed by atoms with Gasteiger partial charge >= 0.3 is 0 Å². The van der Waals surface area contributed by atoms with Crippen LogP contribution >= 0.6 is 11.3 Å². The van der Waals surface area contributed by atoms with E-state index in [1.807, 2.05) is 30.3 Å². The minimum absolute atomic E-state index is 0.0492. The topological polar surface area (TPSA) is 68.5 Å². The van der Waals surface area contributed by atoms with Crippen molar-refractivity contribution in [3.63, 3.8) is 0 Å². The first-order valence-corrected chi connectivity index (χ1v) is 6.93. The van der Waals surface area contributed by atoms with Gasteiger partial charge in [0.15, 0.2) is 11.5 Å². The first-order valence-electron chi connectivity index (χ1n) is 6.11. The summed E-state index contributed by atoms with van der Waals surface area (Å²) in [5.74, 6) is 0.512. The molecule has 0 amide bonds. The maximum atomic E-state index is 11.6. The molecule has 5 nitrogen and oxygen atoms in total. The molecule has 0 unspecified atom stereocenters. The Hall–Kier alpha value is -2.08. The fourth-order valence-electron chi connectivity index (χ4n) is 1.96. The SMILES string of the molecule is COc1c(N(C)Cc2cccnc2)sc(C(C)=O)c1N. The summed E-state index contributed by atoms with van der Waals surface area (Å²) < 4.78 is 5.34. The van der Waals surface area contributed by atoms with Gasteiger partial charge in [-0.25, -0.2) is 0 Å². The highest BCUT2D eigenvalue weighted by Crippen LogP contribution is 2.44. The second kappa shape index (κ2) is 5.92.